The monoisotopic (exact) mass is 477 g/mol. The van der Waals surface area contributed by atoms with E-state index in [4.69, 9.17) is 13.9 Å². The van der Waals surface area contributed by atoms with Gasteiger partial charge in [0, 0.05) is 23.4 Å². The number of carbonyl (C=O) groups excluding carboxylic acids is 1. The summed E-state index contributed by atoms with van der Waals surface area (Å²) in [5, 5.41) is 15.3. The molecule has 11 heteroatoms. The fourth-order valence-corrected chi connectivity index (χ4v) is 3.84. The largest absolute Gasteiger partial charge is 0.486 e. The first-order chi connectivity index (χ1) is 16.6. The Bertz CT molecular complexity index is 1370. The molecule has 10 nitrogen and oxygen atoms in total. The van der Waals surface area contributed by atoms with E-state index in [1.807, 2.05) is 30.3 Å². The molecule has 34 heavy (non-hydrogen) atoms. The van der Waals surface area contributed by atoms with Crippen LogP contribution in [-0.2, 0) is 11.3 Å². The first-order valence-electron chi connectivity index (χ1n) is 10.4. The molecule has 172 valence electrons. The third-order valence-corrected chi connectivity index (χ3v) is 5.64. The Morgan fingerprint density at radius 2 is 1.82 bits per heavy atom. The molecule has 1 aliphatic rings. The fraction of sp³-hybridized carbons (Fsp3) is 0.174. The standard InChI is InChI=1S/C23H19N5O5S/c29-20(24-16-6-8-18-19(12-16)32-11-10-31-18)14-34-23-26-25-21(33-23)13-28-22(30)9-7-17(27-28)15-4-2-1-3-5-15/h1-9,12H,10-11,13-14H2,(H,24,29). The number of benzene rings is 2. The van der Waals surface area contributed by atoms with E-state index in [1.54, 1.807) is 24.3 Å². The lowest BCUT2D eigenvalue weighted by molar-refractivity contribution is -0.113. The van der Waals surface area contributed by atoms with Gasteiger partial charge in [0.2, 0.25) is 11.8 Å². The molecular weight excluding hydrogens is 458 g/mol. The van der Waals surface area contributed by atoms with Crippen LogP contribution < -0.4 is 20.3 Å². The third-order valence-electron chi connectivity index (χ3n) is 4.82. The van der Waals surface area contributed by atoms with Gasteiger partial charge in [-0.3, -0.25) is 9.59 Å². The lowest BCUT2D eigenvalue weighted by atomic mass is 10.1. The number of hydrogen-bond donors (Lipinski definition) is 1. The van der Waals surface area contributed by atoms with E-state index in [0.29, 0.717) is 36.1 Å². The van der Waals surface area contributed by atoms with Crippen LogP contribution in [0.5, 0.6) is 11.5 Å². The second kappa shape index (κ2) is 9.79. The molecular formula is C23H19N5O5S. The minimum atomic E-state index is -0.286. The average Bonchev–Trinajstić information content (AvgIpc) is 3.32. The SMILES string of the molecule is O=C(CSc1nnc(Cn2nc(-c3ccccc3)ccc2=O)o1)Nc1ccc2c(c1)OCCO2. The number of thioether (sulfide) groups is 1. The zero-order valence-corrected chi connectivity index (χ0v) is 18.7. The molecule has 3 heterocycles. The highest BCUT2D eigenvalue weighted by atomic mass is 32.2. The topological polar surface area (TPSA) is 121 Å². The van der Waals surface area contributed by atoms with E-state index in [1.165, 1.54) is 10.7 Å². The summed E-state index contributed by atoms with van der Waals surface area (Å²) in [7, 11) is 0. The molecule has 0 radical (unpaired) electrons. The lowest BCUT2D eigenvalue weighted by Gasteiger charge is -2.18. The first-order valence-corrected chi connectivity index (χ1v) is 11.4. The van der Waals surface area contributed by atoms with Gasteiger partial charge < -0.3 is 19.2 Å². The molecule has 0 saturated carbocycles. The van der Waals surface area contributed by atoms with Crippen LogP contribution in [-0.4, -0.2) is 44.9 Å². The van der Waals surface area contributed by atoms with Gasteiger partial charge in [0.15, 0.2) is 11.5 Å². The zero-order valence-electron chi connectivity index (χ0n) is 17.8. The predicted octanol–water partition coefficient (Wildman–Crippen LogP) is 2.84. The van der Waals surface area contributed by atoms with Gasteiger partial charge in [-0.2, -0.15) is 5.10 Å². The summed E-state index contributed by atoms with van der Waals surface area (Å²) in [6.07, 6.45) is 0. The second-order valence-electron chi connectivity index (χ2n) is 7.24. The minimum absolute atomic E-state index is 0.0243. The summed E-state index contributed by atoms with van der Waals surface area (Å²) in [5.74, 6) is 1.29. The normalized spacial score (nSPS) is 12.4. The highest BCUT2D eigenvalue weighted by molar-refractivity contribution is 7.99. The Kier molecular flexibility index (Phi) is 6.25. The number of anilines is 1. The van der Waals surface area contributed by atoms with Crippen molar-refractivity contribution in [1.29, 1.82) is 0 Å². The highest BCUT2D eigenvalue weighted by Gasteiger charge is 2.15. The maximum absolute atomic E-state index is 12.3. The molecule has 2 aromatic carbocycles. The molecule has 1 amide bonds. The zero-order chi connectivity index (χ0) is 23.3. The summed E-state index contributed by atoms with van der Waals surface area (Å²) in [6.45, 7) is 0.999. The number of nitrogens with zero attached hydrogens (tertiary/aromatic N) is 4. The fourth-order valence-electron chi connectivity index (χ4n) is 3.26. The number of aromatic nitrogens is 4. The Morgan fingerprint density at radius 1 is 1.00 bits per heavy atom. The van der Waals surface area contributed by atoms with Crippen molar-refractivity contribution in [2.24, 2.45) is 0 Å². The second-order valence-corrected chi connectivity index (χ2v) is 8.16. The molecule has 2 aromatic heterocycles. The Hall–Kier alpha value is -4.12. The van der Waals surface area contributed by atoms with Gasteiger partial charge in [0.1, 0.15) is 19.8 Å². The van der Waals surface area contributed by atoms with Crippen LogP contribution in [0.3, 0.4) is 0 Å². The van der Waals surface area contributed by atoms with Crippen LogP contribution in [0, 0.1) is 0 Å². The molecule has 1 aliphatic heterocycles. The summed E-state index contributed by atoms with van der Waals surface area (Å²) in [4.78, 5) is 24.5. The van der Waals surface area contributed by atoms with Crippen molar-refractivity contribution in [2.45, 2.75) is 11.8 Å². The Balaban J connectivity index is 1.19. The number of nitrogens with one attached hydrogen (secondary N) is 1. The van der Waals surface area contributed by atoms with E-state index in [0.717, 1.165) is 17.3 Å². The molecule has 5 rings (SSSR count). The number of carbonyl (C=O) groups is 1. The molecule has 0 bridgehead atoms. The van der Waals surface area contributed by atoms with E-state index < -0.39 is 0 Å². The van der Waals surface area contributed by atoms with Crippen LogP contribution in [0.15, 0.2) is 75.1 Å². The predicted molar refractivity (Wildman–Crippen MR) is 124 cm³/mol. The quantitative estimate of drug-likeness (QED) is 0.400. The van der Waals surface area contributed by atoms with Crippen molar-refractivity contribution >= 4 is 23.4 Å². The summed E-state index contributed by atoms with van der Waals surface area (Å²) >= 11 is 1.10. The van der Waals surface area contributed by atoms with Crippen molar-refractivity contribution < 1.29 is 18.7 Å². The van der Waals surface area contributed by atoms with Crippen LogP contribution in [0.4, 0.5) is 5.69 Å². The van der Waals surface area contributed by atoms with Crippen molar-refractivity contribution in [3.8, 4) is 22.8 Å². The van der Waals surface area contributed by atoms with E-state index >= 15 is 0 Å². The molecule has 0 spiro atoms. The molecule has 0 atom stereocenters. The first kappa shape index (κ1) is 21.7. The number of fused-ring (bicyclic) bond motifs is 1. The van der Waals surface area contributed by atoms with Crippen molar-refractivity contribution in [2.75, 3.05) is 24.3 Å². The van der Waals surface area contributed by atoms with Gasteiger partial charge in [0.25, 0.3) is 10.8 Å². The maximum atomic E-state index is 12.3. The van der Waals surface area contributed by atoms with Gasteiger partial charge in [-0.15, -0.1) is 10.2 Å². The van der Waals surface area contributed by atoms with Crippen molar-refractivity contribution in [3.63, 3.8) is 0 Å². The Labute approximate surface area is 197 Å². The highest BCUT2D eigenvalue weighted by Crippen LogP contribution is 2.32. The lowest BCUT2D eigenvalue weighted by Crippen LogP contribution is -2.23. The third kappa shape index (κ3) is 5.09. The summed E-state index contributed by atoms with van der Waals surface area (Å²) < 4.78 is 17.8. The van der Waals surface area contributed by atoms with E-state index in [-0.39, 0.29) is 34.9 Å². The Morgan fingerprint density at radius 3 is 2.68 bits per heavy atom. The van der Waals surface area contributed by atoms with Gasteiger partial charge in [0.05, 0.1) is 11.4 Å². The number of rotatable bonds is 7. The number of amides is 1. The number of ether oxygens (including phenoxy) is 2. The molecule has 0 unspecified atom stereocenters. The van der Waals surface area contributed by atoms with Crippen molar-refractivity contribution in [3.05, 3.63) is 76.9 Å². The average molecular weight is 478 g/mol. The summed E-state index contributed by atoms with van der Waals surface area (Å²) in [6, 6.07) is 17.9. The van der Waals surface area contributed by atoms with E-state index in [2.05, 4.69) is 20.6 Å². The van der Waals surface area contributed by atoms with Crippen LogP contribution in [0.25, 0.3) is 11.3 Å². The molecule has 0 saturated heterocycles. The molecule has 0 aliphatic carbocycles. The van der Waals surface area contributed by atoms with Crippen LogP contribution in [0.2, 0.25) is 0 Å². The molecule has 4 aromatic rings. The van der Waals surface area contributed by atoms with Gasteiger partial charge >= 0.3 is 0 Å². The van der Waals surface area contributed by atoms with Gasteiger partial charge in [-0.25, -0.2) is 4.68 Å². The number of hydrogen-bond acceptors (Lipinski definition) is 9. The molecule has 1 N–H and O–H groups in total. The minimum Gasteiger partial charge on any atom is -0.486 e. The van der Waals surface area contributed by atoms with Crippen LogP contribution >= 0.6 is 11.8 Å². The van der Waals surface area contributed by atoms with Gasteiger partial charge in [-0.1, -0.05) is 42.1 Å². The smallest absolute Gasteiger partial charge is 0.277 e. The molecule has 0 fully saturated rings. The summed E-state index contributed by atoms with van der Waals surface area (Å²) in [5.41, 5.74) is 1.86. The maximum Gasteiger partial charge on any atom is 0.277 e. The van der Waals surface area contributed by atoms with Gasteiger partial charge in [-0.05, 0) is 18.2 Å². The van der Waals surface area contributed by atoms with Crippen molar-refractivity contribution in [1.82, 2.24) is 20.0 Å². The van der Waals surface area contributed by atoms with E-state index in [9.17, 15) is 9.59 Å². The van der Waals surface area contributed by atoms with Crippen LogP contribution in [0.1, 0.15) is 5.89 Å².